The lowest BCUT2D eigenvalue weighted by Gasteiger charge is -2.12. The van der Waals surface area contributed by atoms with Gasteiger partial charge >= 0.3 is 0 Å². The summed E-state index contributed by atoms with van der Waals surface area (Å²) in [5.74, 6) is -4.19. The van der Waals surface area contributed by atoms with Crippen LogP contribution in [0.15, 0.2) is 36.4 Å². The Morgan fingerprint density at radius 1 is 0.722 bits per heavy atom. The Kier molecular flexibility index (Phi) is 3.57. The molecule has 2 rings (SSSR count). The SMILES string of the molecule is Fc1cc(F)c(C(Cl)c2ccccc2F)cc1F. The molecule has 0 aromatic heterocycles. The molecule has 0 spiro atoms. The van der Waals surface area contributed by atoms with Crippen molar-refractivity contribution in [2.45, 2.75) is 5.38 Å². The molecule has 0 saturated heterocycles. The van der Waals surface area contributed by atoms with Crippen molar-refractivity contribution < 1.29 is 17.6 Å². The average Bonchev–Trinajstić information content (AvgIpc) is 2.33. The van der Waals surface area contributed by atoms with Crippen molar-refractivity contribution >= 4 is 11.6 Å². The van der Waals surface area contributed by atoms with Gasteiger partial charge in [0.2, 0.25) is 0 Å². The van der Waals surface area contributed by atoms with Crippen molar-refractivity contribution in [1.29, 1.82) is 0 Å². The Labute approximate surface area is 106 Å². The minimum atomic E-state index is -1.31. The third-order valence-corrected chi connectivity index (χ3v) is 2.96. The number of alkyl halides is 1. The van der Waals surface area contributed by atoms with E-state index in [0.717, 1.165) is 6.07 Å². The molecular formula is C13H7ClF4. The standard InChI is InChI=1S/C13H7ClF4/c14-13(7-3-1-2-4-9(7)15)8-5-11(17)12(18)6-10(8)16/h1-6,13H. The fourth-order valence-electron chi connectivity index (χ4n) is 1.58. The molecular weight excluding hydrogens is 268 g/mol. The van der Waals surface area contributed by atoms with Gasteiger partial charge in [-0.15, -0.1) is 11.6 Å². The lowest BCUT2D eigenvalue weighted by Crippen LogP contribution is -2.02. The summed E-state index contributed by atoms with van der Waals surface area (Å²) < 4.78 is 52.8. The van der Waals surface area contributed by atoms with Crippen LogP contribution in [0.5, 0.6) is 0 Å². The van der Waals surface area contributed by atoms with Crippen LogP contribution in [0.25, 0.3) is 0 Å². The van der Waals surface area contributed by atoms with Crippen molar-refractivity contribution in [2.75, 3.05) is 0 Å². The van der Waals surface area contributed by atoms with Gasteiger partial charge in [0.05, 0.1) is 5.38 Å². The van der Waals surface area contributed by atoms with Gasteiger partial charge in [-0.05, 0) is 12.1 Å². The van der Waals surface area contributed by atoms with Gasteiger partial charge in [-0.2, -0.15) is 0 Å². The van der Waals surface area contributed by atoms with Gasteiger partial charge < -0.3 is 0 Å². The Morgan fingerprint density at radius 2 is 1.33 bits per heavy atom. The van der Waals surface area contributed by atoms with Crippen LogP contribution in [0.1, 0.15) is 16.5 Å². The molecule has 0 aliphatic heterocycles. The fourth-order valence-corrected chi connectivity index (χ4v) is 1.92. The zero-order valence-electron chi connectivity index (χ0n) is 8.93. The first-order valence-corrected chi connectivity index (χ1v) is 5.47. The molecule has 0 heterocycles. The van der Waals surface area contributed by atoms with Crippen LogP contribution in [-0.4, -0.2) is 0 Å². The molecule has 0 nitrogen and oxygen atoms in total. The predicted octanol–water partition coefficient (Wildman–Crippen LogP) is 4.57. The highest BCUT2D eigenvalue weighted by Crippen LogP contribution is 2.32. The molecule has 1 atom stereocenters. The van der Waals surface area contributed by atoms with Crippen molar-refractivity contribution in [3.05, 3.63) is 70.8 Å². The second kappa shape index (κ2) is 4.98. The van der Waals surface area contributed by atoms with E-state index in [1.807, 2.05) is 0 Å². The number of halogens is 5. The first-order chi connectivity index (χ1) is 8.50. The lowest BCUT2D eigenvalue weighted by atomic mass is 10.0. The normalized spacial score (nSPS) is 12.5. The summed E-state index contributed by atoms with van der Waals surface area (Å²) in [5, 5.41) is -1.22. The first-order valence-electron chi connectivity index (χ1n) is 5.03. The molecule has 18 heavy (non-hydrogen) atoms. The van der Waals surface area contributed by atoms with Crippen LogP contribution in [0.2, 0.25) is 0 Å². The van der Waals surface area contributed by atoms with Crippen LogP contribution in [0.4, 0.5) is 17.6 Å². The molecule has 2 aromatic carbocycles. The van der Waals surface area contributed by atoms with Crippen LogP contribution in [0.3, 0.4) is 0 Å². The van der Waals surface area contributed by atoms with E-state index in [1.165, 1.54) is 18.2 Å². The van der Waals surface area contributed by atoms with Crippen molar-refractivity contribution in [2.24, 2.45) is 0 Å². The van der Waals surface area contributed by atoms with Gasteiger partial charge in [0.25, 0.3) is 0 Å². The lowest BCUT2D eigenvalue weighted by molar-refractivity contribution is 0.490. The second-order valence-electron chi connectivity index (χ2n) is 3.67. The quantitative estimate of drug-likeness (QED) is 0.427. The highest BCUT2D eigenvalue weighted by atomic mass is 35.5. The molecule has 0 fully saturated rings. The second-order valence-corrected chi connectivity index (χ2v) is 4.11. The minimum Gasteiger partial charge on any atom is -0.207 e. The Hall–Kier alpha value is -1.55. The van der Waals surface area contributed by atoms with E-state index in [-0.39, 0.29) is 11.1 Å². The van der Waals surface area contributed by atoms with E-state index >= 15 is 0 Å². The molecule has 94 valence electrons. The summed E-state index contributed by atoms with van der Waals surface area (Å²) in [5.41, 5.74) is -0.301. The van der Waals surface area contributed by atoms with Gasteiger partial charge in [0.1, 0.15) is 11.6 Å². The predicted molar refractivity (Wildman–Crippen MR) is 60.4 cm³/mol. The highest BCUT2D eigenvalue weighted by molar-refractivity contribution is 6.22. The third-order valence-electron chi connectivity index (χ3n) is 2.49. The fraction of sp³-hybridized carbons (Fsp3) is 0.0769. The molecule has 0 saturated carbocycles. The maximum Gasteiger partial charge on any atom is 0.161 e. The van der Waals surface area contributed by atoms with Crippen LogP contribution in [-0.2, 0) is 0 Å². The van der Waals surface area contributed by atoms with E-state index in [2.05, 4.69) is 0 Å². The van der Waals surface area contributed by atoms with Gasteiger partial charge in [-0.25, -0.2) is 17.6 Å². The summed E-state index contributed by atoms with van der Waals surface area (Å²) in [6.45, 7) is 0. The molecule has 0 radical (unpaired) electrons. The molecule has 0 aliphatic carbocycles. The van der Waals surface area contributed by atoms with Crippen molar-refractivity contribution in [3.8, 4) is 0 Å². The first kappa shape index (κ1) is 12.9. The monoisotopic (exact) mass is 274 g/mol. The van der Waals surface area contributed by atoms with Crippen LogP contribution in [0, 0.1) is 23.3 Å². The highest BCUT2D eigenvalue weighted by Gasteiger charge is 2.20. The zero-order chi connectivity index (χ0) is 13.3. The molecule has 0 aliphatic rings. The number of rotatable bonds is 2. The van der Waals surface area contributed by atoms with Crippen LogP contribution >= 0.6 is 11.6 Å². The molecule has 2 aromatic rings. The van der Waals surface area contributed by atoms with Crippen molar-refractivity contribution in [3.63, 3.8) is 0 Å². The summed E-state index contributed by atoms with van der Waals surface area (Å²) in [4.78, 5) is 0. The third kappa shape index (κ3) is 2.34. The summed E-state index contributed by atoms with van der Waals surface area (Å²) in [6.07, 6.45) is 0. The number of hydrogen-bond acceptors (Lipinski definition) is 0. The smallest absolute Gasteiger partial charge is 0.161 e. The van der Waals surface area contributed by atoms with Gasteiger partial charge in [-0.1, -0.05) is 18.2 Å². The van der Waals surface area contributed by atoms with E-state index in [4.69, 9.17) is 11.6 Å². The topological polar surface area (TPSA) is 0 Å². The summed E-state index contributed by atoms with van der Waals surface area (Å²) in [7, 11) is 0. The largest absolute Gasteiger partial charge is 0.207 e. The summed E-state index contributed by atoms with van der Waals surface area (Å²) >= 11 is 5.90. The Bertz CT molecular complexity index is 583. The molecule has 1 unspecified atom stereocenters. The summed E-state index contributed by atoms with van der Waals surface area (Å²) in [6, 6.07) is 6.50. The minimum absolute atomic E-state index is 0.00377. The van der Waals surface area contributed by atoms with Gasteiger partial charge in [-0.3, -0.25) is 0 Å². The maximum atomic E-state index is 13.5. The Balaban J connectivity index is 2.50. The van der Waals surface area contributed by atoms with Gasteiger partial charge in [0.15, 0.2) is 11.6 Å². The van der Waals surface area contributed by atoms with Crippen molar-refractivity contribution in [1.82, 2.24) is 0 Å². The Morgan fingerprint density at radius 3 is 2.00 bits per heavy atom. The zero-order valence-corrected chi connectivity index (χ0v) is 9.69. The van der Waals surface area contributed by atoms with Gasteiger partial charge in [0, 0.05) is 17.2 Å². The average molecular weight is 275 g/mol. The maximum absolute atomic E-state index is 13.5. The molecule has 0 amide bonds. The van der Waals surface area contributed by atoms with E-state index < -0.39 is 28.6 Å². The number of hydrogen-bond donors (Lipinski definition) is 0. The molecule has 0 N–H and O–H groups in total. The van der Waals surface area contributed by atoms with E-state index in [0.29, 0.717) is 12.1 Å². The number of benzene rings is 2. The molecule has 0 bridgehead atoms. The molecule has 5 heteroatoms. The van der Waals surface area contributed by atoms with Crippen LogP contribution < -0.4 is 0 Å². The van der Waals surface area contributed by atoms with E-state index in [1.54, 1.807) is 0 Å². The van der Waals surface area contributed by atoms with E-state index in [9.17, 15) is 17.6 Å².